The Morgan fingerprint density at radius 3 is 2.73 bits per heavy atom. The zero-order valence-corrected chi connectivity index (χ0v) is 14.0. The molecule has 2 aliphatic rings. The second-order valence-electron chi connectivity index (χ2n) is 6.34. The van der Waals surface area contributed by atoms with Crippen LogP contribution in [0.25, 0.3) is 0 Å². The van der Waals surface area contributed by atoms with E-state index < -0.39 is 0 Å². The number of nitrogens with one attached hydrogen (secondary N) is 1. The lowest BCUT2D eigenvalue weighted by Crippen LogP contribution is -2.49. The SMILES string of the molecule is CN1CCN(C(=O)CC2CCNC2)C(c2ccccc2)C1.Cl. The summed E-state index contributed by atoms with van der Waals surface area (Å²) in [5.74, 6) is 0.847. The lowest BCUT2D eigenvalue weighted by Gasteiger charge is -2.40. The highest BCUT2D eigenvalue weighted by molar-refractivity contribution is 5.85. The molecule has 22 heavy (non-hydrogen) atoms. The maximum Gasteiger partial charge on any atom is 0.223 e. The molecule has 2 saturated heterocycles. The lowest BCUT2D eigenvalue weighted by molar-refractivity contribution is -0.137. The van der Waals surface area contributed by atoms with Gasteiger partial charge in [-0.25, -0.2) is 0 Å². The normalized spacial score (nSPS) is 25.8. The molecule has 2 aliphatic heterocycles. The summed E-state index contributed by atoms with van der Waals surface area (Å²) in [6.45, 7) is 4.80. The van der Waals surface area contributed by atoms with E-state index in [1.807, 2.05) is 6.07 Å². The zero-order valence-electron chi connectivity index (χ0n) is 13.2. The third kappa shape index (κ3) is 4.00. The maximum atomic E-state index is 12.7. The molecule has 0 aliphatic carbocycles. The van der Waals surface area contributed by atoms with Gasteiger partial charge in [-0.2, -0.15) is 0 Å². The highest BCUT2D eigenvalue weighted by Gasteiger charge is 2.31. The molecule has 5 heteroatoms. The Hall–Kier alpha value is -1.10. The van der Waals surface area contributed by atoms with Crippen molar-refractivity contribution < 1.29 is 4.79 Å². The first-order chi connectivity index (χ1) is 10.2. The van der Waals surface area contributed by atoms with Gasteiger partial charge in [0.25, 0.3) is 0 Å². The van der Waals surface area contributed by atoms with Crippen molar-refractivity contribution in [2.24, 2.45) is 5.92 Å². The molecular weight excluding hydrogens is 298 g/mol. The van der Waals surface area contributed by atoms with Gasteiger partial charge in [0.1, 0.15) is 0 Å². The highest BCUT2D eigenvalue weighted by Crippen LogP contribution is 2.27. The first-order valence-electron chi connectivity index (χ1n) is 7.97. The number of carbonyl (C=O) groups excluding carboxylic acids is 1. The van der Waals surface area contributed by atoms with Crippen LogP contribution in [0.5, 0.6) is 0 Å². The zero-order chi connectivity index (χ0) is 14.7. The summed E-state index contributed by atoms with van der Waals surface area (Å²) in [7, 11) is 2.14. The van der Waals surface area contributed by atoms with E-state index in [4.69, 9.17) is 0 Å². The number of rotatable bonds is 3. The summed E-state index contributed by atoms with van der Waals surface area (Å²) in [5.41, 5.74) is 1.25. The van der Waals surface area contributed by atoms with Crippen LogP contribution in [-0.4, -0.2) is 55.5 Å². The minimum atomic E-state index is 0. The van der Waals surface area contributed by atoms with Gasteiger partial charge >= 0.3 is 0 Å². The summed E-state index contributed by atoms with van der Waals surface area (Å²) < 4.78 is 0. The van der Waals surface area contributed by atoms with Crippen LogP contribution in [0, 0.1) is 5.92 Å². The number of nitrogens with zero attached hydrogens (tertiary/aromatic N) is 2. The van der Waals surface area contributed by atoms with E-state index >= 15 is 0 Å². The summed E-state index contributed by atoms with van der Waals surface area (Å²) in [6, 6.07) is 10.6. The third-order valence-corrected chi connectivity index (χ3v) is 4.71. The van der Waals surface area contributed by atoms with E-state index in [0.717, 1.165) is 39.1 Å². The highest BCUT2D eigenvalue weighted by atomic mass is 35.5. The fourth-order valence-corrected chi connectivity index (χ4v) is 3.43. The van der Waals surface area contributed by atoms with Gasteiger partial charge in [-0.1, -0.05) is 30.3 Å². The molecule has 2 unspecified atom stereocenters. The quantitative estimate of drug-likeness (QED) is 0.923. The second kappa shape index (κ2) is 7.95. The number of amides is 1. The molecule has 0 saturated carbocycles. The summed E-state index contributed by atoms with van der Waals surface area (Å²) in [5, 5.41) is 3.35. The Kier molecular flexibility index (Phi) is 6.24. The van der Waals surface area contributed by atoms with Crippen molar-refractivity contribution in [1.82, 2.24) is 15.1 Å². The van der Waals surface area contributed by atoms with Crippen LogP contribution in [0.1, 0.15) is 24.4 Å². The minimum absolute atomic E-state index is 0. The van der Waals surface area contributed by atoms with Crippen molar-refractivity contribution in [2.75, 3.05) is 39.8 Å². The second-order valence-corrected chi connectivity index (χ2v) is 6.34. The Morgan fingerprint density at radius 2 is 2.05 bits per heavy atom. The monoisotopic (exact) mass is 323 g/mol. The van der Waals surface area contributed by atoms with Crippen LogP contribution in [0.3, 0.4) is 0 Å². The predicted molar refractivity (Wildman–Crippen MR) is 91.2 cm³/mol. The Balaban J connectivity index is 0.00000176. The lowest BCUT2D eigenvalue weighted by atomic mass is 9.99. The van der Waals surface area contributed by atoms with Gasteiger partial charge in [0.15, 0.2) is 0 Å². The first kappa shape index (κ1) is 17.3. The average molecular weight is 324 g/mol. The molecule has 0 aromatic heterocycles. The fraction of sp³-hybridized carbons (Fsp3) is 0.588. The molecule has 2 fully saturated rings. The van der Waals surface area contributed by atoms with Gasteiger partial charge in [0, 0.05) is 26.1 Å². The molecule has 1 N–H and O–H groups in total. The molecule has 122 valence electrons. The molecule has 0 bridgehead atoms. The number of piperazine rings is 1. The van der Waals surface area contributed by atoms with Crippen molar-refractivity contribution in [3.8, 4) is 0 Å². The Labute approximate surface area is 139 Å². The van der Waals surface area contributed by atoms with Crippen molar-refractivity contribution in [3.05, 3.63) is 35.9 Å². The minimum Gasteiger partial charge on any atom is -0.333 e. The van der Waals surface area contributed by atoms with Crippen LogP contribution < -0.4 is 5.32 Å². The van der Waals surface area contributed by atoms with Gasteiger partial charge < -0.3 is 15.1 Å². The molecule has 2 atom stereocenters. The summed E-state index contributed by atoms with van der Waals surface area (Å²) >= 11 is 0. The molecule has 3 rings (SSSR count). The molecule has 0 radical (unpaired) electrons. The van der Waals surface area contributed by atoms with Crippen LogP contribution in [0.15, 0.2) is 30.3 Å². The maximum absolute atomic E-state index is 12.7. The predicted octanol–water partition coefficient (Wildman–Crippen LogP) is 1.92. The van der Waals surface area contributed by atoms with Crippen molar-refractivity contribution in [1.29, 1.82) is 0 Å². The number of carbonyl (C=O) groups is 1. The number of hydrogen-bond donors (Lipinski definition) is 1. The Bertz CT molecular complexity index is 476. The van der Waals surface area contributed by atoms with E-state index in [1.54, 1.807) is 0 Å². The van der Waals surface area contributed by atoms with Crippen LogP contribution in [-0.2, 0) is 4.79 Å². The van der Waals surface area contributed by atoms with Crippen molar-refractivity contribution >= 4 is 18.3 Å². The third-order valence-electron chi connectivity index (χ3n) is 4.71. The number of benzene rings is 1. The van der Waals surface area contributed by atoms with E-state index in [-0.39, 0.29) is 18.4 Å². The van der Waals surface area contributed by atoms with Crippen LogP contribution >= 0.6 is 12.4 Å². The van der Waals surface area contributed by atoms with Crippen LogP contribution in [0.4, 0.5) is 0 Å². The Morgan fingerprint density at radius 1 is 1.27 bits per heavy atom. The summed E-state index contributed by atoms with van der Waals surface area (Å²) in [4.78, 5) is 17.1. The van der Waals surface area contributed by atoms with Crippen molar-refractivity contribution in [3.63, 3.8) is 0 Å². The average Bonchev–Trinajstić information content (AvgIpc) is 3.01. The number of halogens is 1. The molecule has 1 aromatic rings. The molecular formula is C17H26ClN3O. The van der Waals surface area contributed by atoms with Gasteiger partial charge in [-0.15, -0.1) is 12.4 Å². The molecule has 4 nitrogen and oxygen atoms in total. The number of likely N-dealkylation sites (N-methyl/N-ethyl adjacent to an activating group) is 1. The van der Waals surface area contributed by atoms with Gasteiger partial charge in [0.2, 0.25) is 5.91 Å². The topological polar surface area (TPSA) is 35.6 Å². The van der Waals surface area contributed by atoms with E-state index in [0.29, 0.717) is 18.2 Å². The molecule has 1 amide bonds. The van der Waals surface area contributed by atoms with E-state index in [9.17, 15) is 4.79 Å². The van der Waals surface area contributed by atoms with Crippen LogP contribution in [0.2, 0.25) is 0 Å². The van der Waals surface area contributed by atoms with Crippen molar-refractivity contribution in [2.45, 2.75) is 18.9 Å². The van der Waals surface area contributed by atoms with E-state index in [2.05, 4.69) is 46.4 Å². The molecule has 0 spiro atoms. The largest absolute Gasteiger partial charge is 0.333 e. The van der Waals surface area contributed by atoms with E-state index in [1.165, 1.54) is 5.56 Å². The number of hydrogen-bond acceptors (Lipinski definition) is 3. The van der Waals surface area contributed by atoms with Gasteiger partial charge in [-0.05, 0) is 38.0 Å². The smallest absolute Gasteiger partial charge is 0.223 e. The van der Waals surface area contributed by atoms with Gasteiger partial charge in [-0.3, -0.25) is 4.79 Å². The molecule has 1 aromatic carbocycles. The summed E-state index contributed by atoms with van der Waals surface area (Å²) in [6.07, 6.45) is 1.83. The molecule has 2 heterocycles. The standard InChI is InChI=1S/C17H25N3O.ClH/c1-19-9-10-20(17(21)11-14-7-8-18-12-14)16(13-19)15-5-3-2-4-6-15;/h2-6,14,16,18H,7-13H2,1H3;1H. The van der Waals surface area contributed by atoms with Gasteiger partial charge in [0.05, 0.1) is 6.04 Å². The fourth-order valence-electron chi connectivity index (χ4n) is 3.43. The first-order valence-corrected chi connectivity index (χ1v) is 7.97.